The van der Waals surface area contributed by atoms with Crippen LogP contribution in [0.25, 0.3) is 0 Å². The molecule has 0 spiro atoms. The van der Waals surface area contributed by atoms with Gasteiger partial charge in [0.2, 0.25) is 15.9 Å². The zero-order valence-corrected chi connectivity index (χ0v) is 18.0. The summed E-state index contributed by atoms with van der Waals surface area (Å²) in [6.45, 7) is 2.63. The molecule has 1 aliphatic heterocycles. The van der Waals surface area contributed by atoms with Gasteiger partial charge in [0.15, 0.2) is 0 Å². The first-order valence-corrected chi connectivity index (χ1v) is 11.6. The Kier molecular flexibility index (Phi) is 6.46. The summed E-state index contributed by atoms with van der Waals surface area (Å²) in [5.74, 6) is -0.399. The number of amides is 1. The SMILES string of the molecule is Cc1ccsc1/C=N\NC(=O)C1CCN(S(=O)(=O)c2ccc(Br)cc2)CC1. The summed E-state index contributed by atoms with van der Waals surface area (Å²) in [7, 11) is -3.53. The average molecular weight is 470 g/mol. The van der Waals surface area contributed by atoms with Gasteiger partial charge in [-0.3, -0.25) is 4.79 Å². The van der Waals surface area contributed by atoms with Crippen LogP contribution >= 0.6 is 27.3 Å². The normalized spacial score (nSPS) is 16.7. The lowest BCUT2D eigenvalue weighted by molar-refractivity contribution is -0.126. The highest BCUT2D eigenvalue weighted by molar-refractivity contribution is 9.10. The number of carbonyl (C=O) groups is 1. The molecular weight excluding hydrogens is 450 g/mol. The second-order valence-corrected chi connectivity index (χ2v) is 10.1. The fourth-order valence-corrected chi connectivity index (χ4v) is 5.40. The van der Waals surface area contributed by atoms with E-state index >= 15 is 0 Å². The van der Waals surface area contributed by atoms with Crippen LogP contribution in [0.3, 0.4) is 0 Å². The van der Waals surface area contributed by atoms with Crippen LogP contribution < -0.4 is 5.43 Å². The molecule has 0 saturated carbocycles. The molecule has 0 bridgehead atoms. The molecule has 0 aliphatic carbocycles. The van der Waals surface area contributed by atoms with Gasteiger partial charge in [0.05, 0.1) is 11.1 Å². The zero-order valence-electron chi connectivity index (χ0n) is 14.8. The maximum atomic E-state index is 12.7. The molecule has 1 aromatic carbocycles. The number of hydrogen-bond acceptors (Lipinski definition) is 5. The molecule has 2 aromatic rings. The summed E-state index contributed by atoms with van der Waals surface area (Å²) >= 11 is 4.87. The minimum atomic E-state index is -3.53. The van der Waals surface area contributed by atoms with E-state index in [4.69, 9.17) is 0 Å². The Labute approximate surface area is 171 Å². The van der Waals surface area contributed by atoms with Gasteiger partial charge in [0.1, 0.15) is 0 Å². The number of hydrogen-bond donors (Lipinski definition) is 1. The Morgan fingerprint density at radius 2 is 1.93 bits per heavy atom. The Balaban J connectivity index is 1.55. The molecule has 27 heavy (non-hydrogen) atoms. The number of sulfonamides is 1. The summed E-state index contributed by atoms with van der Waals surface area (Å²) in [5.41, 5.74) is 3.69. The van der Waals surface area contributed by atoms with Crippen molar-refractivity contribution >= 4 is 49.4 Å². The average Bonchev–Trinajstić information content (AvgIpc) is 3.07. The Morgan fingerprint density at radius 1 is 1.26 bits per heavy atom. The second kappa shape index (κ2) is 8.64. The summed E-state index contributed by atoms with van der Waals surface area (Å²) in [5, 5.41) is 6.00. The first-order chi connectivity index (χ1) is 12.9. The maximum absolute atomic E-state index is 12.7. The van der Waals surface area contributed by atoms with Crippen molar-refractivity contribution in [2.75, 3.05) is 13.1 Å². The number of piperidine rings is 1. The number of thiophene rings is 1. The van der Waals surface area contributed by atoms with Gasteiger partial charge in [-0.15, -0.1) is 11.3 Å². The number of nitrogens with one attached hydrogen (secondary N) is 1. The van der Waals surface area contributed by atoms with Crippen LogP contribution in [0.1, 0.15) is 23.3 Å². The quantitative estimate of drug-likeness (QED) is 0.538. The van der Waals surface area contributed by atoms with Gasteiger partial charge in [-0.2, -0.15) is 9.41 Å². The molecule has 1 aliphatic rings. The first-order valence-electron chi connectivity index (χ1n) is 8.50. The largest absolute Gasteiger partial charge is 0.273 e. The van der Waals surface area contributed by atoms with Gasteiger partial charge in [-0.05, 0) is 61.0 Å². The van der Waals surface area contributed by atoms with Gasteiger partial charge in [-0.1, -0.05) is 15.9 Å². The predicted molar refractivity (Wildman–Crippen MR) is 110 cm³/mol. The van der Waals surface area contributed by atoms with Gasteiger partial charge >= 0.3 is 0 Å². The molecule has 1 amide bonds. The number of halogens is 1. The van der Waals surface area contributed by atoms with Gasteiger partial charge < -0.3 is 0 Å². The third kappa shape index (κ3) is 4.84. The molecule has 9 heteroatoms. The van der Waals surface area contributed by atoms with Crippen molar-refractivity contribution in [3.63, 3.8) is 0 Å². The molecular formula is C18H20BrN3O3S2. The minimum Gasteiger partial charge on any atom is -0.273 e. The van der Waals surface area contributed by atoms with Gasteiger partial charge in [0.25, 0.3) is 0 Å². The summed E-state index contributed by atoms with van der Waals surface area (Å²) in [4.78, 5) is 13.6. The van der Waals surface area contributed by atoms with Crippen LogP contribution in [0.5, 0.6) is 0 Å². The lowest BCUT2D eigenvalue weighted by Crippen LogP contribution is -2.42. The molecule has 1 fully saturated rings. The minimum absolute atomic E-state index is 0.166. The lowest BCUT2D eigenvalue weighted by atomic mass is 9.98. The molecule has 1 saturated heterocycles. The van der Waals surface area contributed by atoms with Crippen molar-refractivity contribution in [2.24, 2.45) is 11.0 Å². The third-order valence-corrected chi connectivity index (χ3v) is 7.93. The van der Waals surface area contributed by atoms with E-state index < -0.39 is 10.0 Å². The highest BCUT2D eigenvalue weighted by atomic mass is 79.9. The van der Waals surface area contributed by atoms with Crippen LogP contribution in [0, 0.1) is 12.8 Å². The van der Waals surface area contributed by atoms with Crippen molar-refractivity contribution in [1.82, 2.24) is 9.73 Å². The number of nitrogens with zero attached hydrogens (tertiary/aromatic N) is 2. The van der Waals surface area contributed by atoms with Crippen molar-refractivity contribution in [2.45, 2.75) is 24.7 Å². The molecule has 0 atom stereocenters. The van der Waals surface area contributed by atoms with Crippen molar-refractivity contribution in [1.29, 1.82) is 0 Å². The van der Waals surface area contributed by atoms with Crippen LogP contribution in [0.2, 0.25) is 0 Å². The van der Waals surface area contributed by atoms with E-state index in [0.717, 1.165) is 14.9 Å². The van der Waals surface area contributed by atoms with E-state index in [0.29, 0.717) is 25.9 Å². The monoisotopic (exact) mass is 469 g/mol. The highest BCUT2D eigenvalue weighted by Crippen LogP contribution is 2.25. The molecule has 1 N–H and O–H groups in total. The molecule has 2 heterocycles. The van der Waals surface area contributed by atoms with E-state index in [2.05, 4.69) is 26.5 Å². The third-order valence-electron chi connectivity index (χ3n) is 4.53. The van der Waals surface area contributed by atoms with E-state index in [1.54, 1.807) is 41.8 Å². The van der Waals surface area contributed by atoms with E-state index in [-0.39, 0.29) is 16.7 Å². The van der Waals surface area contributed by atoms with Crippen LogP contribution in [-0.4, -0.2) is 37.9 Å². The molecule has 144 valence electrons. The van der Waals surface area contributed by atoms with Crippen LogP contribution in [0.4, 0.5) is 0 Å². The number of carbonyl (C=O) groups excluding carboxylic acids is 1. The summed E-state index contributed by atoms with van der Waals surface area (Å²) in [6.07, 6.45) is 2.61. The van der Waals surface area contributed by atoms with E-state index in [9.17, 15) is 13.2 Å². The van der Waals surface area contributed by atoms with Crippen LogP contribution in [0.15, 0.2) is 50.2 Å². The molecule has 6 nitrogen and oxygen atoms in total. The van der Waals surface area contributed by atoms with Crippen molar-refractivity contribution in [3.8, 4) is 0 Å². The van der Waals surface area contributed by atoms with E-state index in [1.165, 1.54) is 4.31 Å². The van der Waals surface area contributed by atoms with Crippen molar-refractivity contribution in [3.05, 3.63) is 50.6 Å². The maximum Gasteiger partial charge on any atom is 0.243 e. The summed E-state index contributed by atoms with van der Waals surface area (Å²) in [6, 6.07) is 8.58. The number of benzene rings is 1. The lowest BCUT2D eigenvalue weighted by Gasteiger charge is -2.30. The zero-order chi connectivity index (χ0) is 19.4. The topological polar surface area (TPSA) is 78.8 Å². The number of rotatable bonds is 5. The van der Waals surface area contributed by atoms with Gasteiger partial charge in [-0.25, -0.2) is 13.8 Å². The Hall–Kier alpha value is -1.55. The Bertz CT molecular complexity index is 931. The van der Waals surface area contributed by atoms with Gasteiger partial charge in [0, 0.05) is 28.4 Å². The van der Waals surface area contributed by atoms with Crippen LogP contribution in [-0.2, 0) is 14.8 Å². The number of hydrazone groups is 1. The second-order valence-electron chi connectivity index (χ2n) is 6.33. The predicted octanol–water partition coefficient (Wildman–Crippen LogP) is 3.37. The fraction of sp³-hybridized carbons (Fsp3) is 0.333. The standard InChI is InChI=1S/C18H20BrN3O3S2/c1-13-8-11-26-17(13)12-20-21-18(23)14-6-9-22(10-7-14)27(24,25)16-4-2-15(19)3-5-16/h2-5,8,11-12,14H,6-7,9-10H2,1H3,(H,21,23)/b20-12-. The smallest absolute Gasteiger partial charge is 0.243 e. The summed E-state index contributed by atoms with van der Waals surface area (Å²) < 4.78 is 27.7. The molecule has 0 radical (unpaired) electrons. The van der Waals surface area contributed by atoms with E-state index in [1.807, 2.05) is 18.4 Å². The molecule has 0 unspecified atom stereocenters. The number of aryl methyl sites for hydroxylation is 1. The molecule has 1 aromatic heterocycles. The fourth-order valence-electron chi connectivity index (χ4n) is 2.88. The first kappa shape index (κ1) is 20.2. The molecule has 3 rings (SSSR count). The Morgan fingerprint density at radius 3 is 2.52 bits per heavy atom. The highest BCUT2D eigenvalue weighted by Gasteiger charge is 2.32. The van der Waals surface area contributed by atoms with Crippen molar-refractivity contribution < 1.29 is 13.2 Å².